The molecule has 0 saturated carbocycles. The van der Waals surface area contributed by atoms with E-state index in [1.807, 2.05) is 31.2 Å². The van der Waals surface area contributed by atoms with E-state index in [2.05, 4.69) is 15.6 Å². The minimum atomic E-state index is -3.80. The molecule has 0 saturated heterocycles. The van der Waals surface area contributed by atoms with E-state index >= 15 is 0 Å². The Morgan fingerprint density at radius 1 is 0.882 bits per heavy atom. The highest BCUT2D eigenvalue weighted by atomic mass is 32.2. The summed E-state index contributed by atoms with van der Waals surface area (Å²) in [6, 6.07) is 21.3. The molecule has 3 aromatic carbocycles. The molecule has 0 aliphatic carbocycles. The van der Waals surface area contributed by atoms with Gasteiger partial charge in [-0.2, -0.15) is 0 Å². The largest absolute Gasteiger partial charge is 0.494 e. The third-order valence-corrected chi connectivity index (χ3v) is 7.30. The Kier molecular flexibility index (Phi) is 6.80. The van der Waals surface area contributed by atoms with Gasteiger partial charge in [-0.3, -0.25) is 25.2 Å². The summed E-state index contributed by atoms with van der Waals surface area (Å²) in [5.74, 6) is -0.374. The van der Waals surface area contributed by atoms with Crippen molar-refractivity contribution in [2.45, 2.75) is 11.8 Å². The van der Waals surface area contributed by atoms with Crippen molar-refractivity contribution in [1.29, 1.82) is 0 Å². The van der Waals surface area contributed by atoms with Gasteiger partial charge < -0.3 is 4.74 Å². The molecule has 0 atom stereocenters. The van der Waals surface area contributed by atoms with E-state index in [-0.39, 0.29) is 10.5 Å². The van der Waals surface area contributed by atoms with Crippen LogP contribution < -0.4 is 20.3 Å². The topological polar surface area (TPSA) is 114 Å². The first-order valence-corrected chi connectivity index (χ1v) is 12.6. The molecule has 8 nitrogen and oxygen atoms in total. The average Bonchev–Trinajstić information content (AvgIpc) is 3.28. The number of carbonyl (C=O) groups excluding carboxylic acids is 2. The van der Waals surface area contributed by atoms with Gasteiger partial charge in [0.2, 0.25) is 0 Å². The summed E-state index contributed by atoms with van der Waals surface area (Å²) < 4.78 is 33.9. The van der Waals surface area contributed by atoms with Gasteiger partial charge in [-0.25, -0.2) is 8.42 Å². The number of hydrazine groups is 1. The van der Waals surface area contributed by atoms with Gasteiger partial charge in [0.15, 0.2) is 0 Å². The molecule has 2 amide bonds. The number of fused-ring (bicyclic) bond motifs is 1. The van der Waals surface area contributed by atoms with Crippen molar-refractivity contribution in [3.63, 3.8) is 0 Å². The standard InChI is InChI=1S/C24H21N3O5S2/c1-2-32-19-11-13-20(14-12-19)34(30,31)27-18-9-7-16(8-10-18)23(28)25-26-24(29)22-15-17-5-3-4-6-21(17)33-22/h3-15,27H,2H2,1H3,(H,25,28)(H,26,29). The number of ether oxygens (including phenoxy) is 1. The maximum Gasteiger partial charge on any atom is 0.279 e. The number of sulfonamides is 1. The summed E-state index contributed by atoms with van der Waals surface area (Å²) in [6.45, 7) is 2.33. The molecular formula is C24H21N3O5S2. The molecule has 34 heavy (non-hydrogen) atoms. The number of rotatable bonds is 7. The van der Waals surface area contributed by atoms with Gasteiger partial charge in [-0.1, -0.05) is 18.2 Å². The Morgan fingerprint density at radius 3 is 2.24 bits per heavy atom. The monoisotopic (exact) mass is 495 g/mol. The Bertz CT molecular complexity index is 1400. The van der Waals surface area contributed by atoms with Crippen molar-refractivity contribution in [3.8, 4) is 5.75 Å². The third-order valence-electron chi connectivity index (χ3n) is 4.78. The second-order valence-corrected chi connectivity index (χ2v) is 9.91. The molecule has 0 spiro atoms. The zero-order valence-corrected chi connectivity index (χ0v) is 19.7. The normalized spacial score (nSPS) is 11.1. The molecule has 0 bridgehead atoms. The van der Waals surface area contributed by atoms with Crippen LogP contribution in [0.25, 0.3) is 10.1 Å². The Hall–Kier alpha value is -3.89. The number of anilines is 1. The lowest BCUT2D eigenvalue weighted by molar-refractivity contribution is 0.0849. The Balaban J connectivity index is 1.35. The van der Waals surface area contributed by atoms with E-state index in [4.69, 9.17) is 4.74 Å². The maximum absolute atomic E-state index is 12.6. The highest BCUT2D eigenvalue weighted by Gasteiger charge is 2.15. The third kappa shape index (κ3) is 5.36. The van der Waals surface area contributed by atoms with Crippen LogP contribution in [0.2, 0.25) is 0 Å². The molecule has 1 aromatic heterocycles. The molecule has 3 N–H and O–H groups in total. The predicted octanol–water partition coefficient (Wildman–Crippen LogP) is 4.18. The minimum absolute atomic E-state index is 0.0849. The Morgan fingerprint density at radius 2 is 1.56 bits per heavy atom. The number of hydrogen-bond donors (Lipinski definition) is 3. The SMILES string of the molecule is CCOc1ccc(S(=O)(=O)Nc2ccc(C(=O)NNC(=O)c3cc4ccccc4s3)cc2)cc1. The highest BCUT2D eigenvalue weighted by Crippen LogP contribution is 2.25. The van der Waals surface area contributed by atoms with E-state index in [0.717, 1.165) is 10.1 Å². The van der Waals surface area contributed by atoms with Crippen LogP contribution in [0.15, 0.2) is 83.8 Å². The number of carbonyl (C=O) groups is 2. The van der Waals surface area contributed by atoms with E-state index in [9.17, 15) is 18.0 Å². The summed E-state index contributed by atoms with van der Waals surface area (Å²) in [7, 11) is -3.80. The molecule has 0 aliphatic rings. The van der Waals surface area contributed by atoms with Gasteiger partial charge in [0.1, 0.15) is 5.75 Å². The van der Waals surface area contributed by atoms with E-state index in [1.54, 1.807) is 18.2 Å². The second kappa shape index (κ2) is 9.94. The molecule has 4 rings (SSSR count). The molecule has 0 fully saturated rings. The highest BCUT2D eigenvalue weighted by molar-refractivity contribution is 7.92. The van der Waals surface area contributed by atoms with Gasteiger partial charge in [-0.15, -0.1) is 11.3 Å². The lowest BCUT2D eigenvalue weighted by Crippen LogP contribution is -2.41. The van der Waals surface area contributed by atoms with Crippen molar-refractivity contribution in [3.05, 3.63) is 89.3 Å². The molecule has 0 radical (unpaired) electrons. The molecule has 4 aromatic rings. The fourth-order valence-corrected chi connectivity index (χ4v) is 5.14. The summed E-state index contributed by atoms with van der Waals surface area (Å²) in [5, 5.41) is 0.951. The number of hydrogen-bond acceptors (Lipinski definition) is 6. The predicted molar refractivity (Wildman–Crippen MR) is 132 cm³/mol. The summed E-state index contributed by atoms with van der Waals surface area (Å²) in [5.41, 5.74) is 5.31. The first kappa shape index (κ1) is 23.3. The van der Waals surface area contributed by atoms with Crippen molar-refractivity contribution < 1.29 is 22.7 Å². The second-order valence-electron chi connectivity index (χ2n) is 7.14. The number of thiophene rings is 1. The molecular weight excluding hydrogens is 474 g/mol. The summed E-state index contributed by atoms with van der Waals surface area (Å²) >= 11 is 1.33. The Labute approximate surface area is 200 Å². The van der Waals surface area contributed by atoms with Crippen LogP contribution >= 0.6 is 11.3 Å². The van der Waals surface area contributed by atoms with Crippen LogP contribution in [0.3, 0.4) is 0 Å². The summed E-state index contributed by atoms with van der Waals surface area (Å²) in [6.07, 6.45) is 0. The van der Waals surface area contributed by atoms with Crippen LogP contribution in [0, 0.1) is 0 Å². The molecule has 174 valence electrons. The first-order valence-electron chi connectivity index (χ1n) is 10.3. The molecule has 1 heterocycles. The van der Waals surface area contributed by atoms with Crippen molar-refractivity contribution in [1.82, 2.24) is 10.9 Å². The van der Waals surface area contributed by atoms with Crippen LogP contribution in [-0.2, 0) is 10.0 Å². The number of benzene rings is 3. The fourth-order valence-electron chi connectivity index (χ4n) is 3.13. The smallest absolute Gasteiger partial charge is 0.279 e. The molecule has 0 aliphatic heterocycles. The van der Waals surface area contributed by atoms with Crippen LogP contribution in [0.5, 0.6) is 5.75 Å². The lowest BCUT2D eigenvalue weighted by atomic mass is 10.2. The molecule has 0 unspecified atom stereocenters. The zero-order chi connectivity index (χ0) is 24.1. The van der Waals surface area contributed by atoms with E-state index in [1.165, 1.54) is 47.7 Å². The minimum Gasteiger partial charge on any atom is -0.494 e. The van der Waals surface area contributed by atoms with Gasteiger partial charge in [-0.05, 0) is 73.0 Å². The summed E-state index contributed by atoms with van der Waals surface area (Å²) in [4.78, 5) is 25.3. The zero-order valence-electron chi connectivity index (χ0n) is 18.1. The number of amides is 2. The molecule has 10 heteroatoms. The van der Waals surface area contributed by atoms with Crippen LogP contribution in [0.4, 0.5) is 5.69 Å². The van der Waals surface area contributed by atoms with E-state index in [0.29, 0.717) is 22.9 Å². The fraction of sp³-hybridized carbons (Fsp3) is 0.0833. The van der Waals surface area contributed by atoms with Gasteiger partial charge in [0, 0.05) is 16.0 Å². The van der Waals surface area contributed by atoms with Gasteiger partial charge in [0.25, 0.3) is 21.8 Å². The number of nitrogens with one attached hydrogen (secondary N) is 3. The van der Waals surface area contributed by atoms with E-state index < -0.39 is 21.8 Å². The first-order chi connectivity index (χ1) is 16.4. The quantitative estimate of drug-likeness (QED) is 0.333. The van der Waals surface area contributed by atoms with Crippen LogP contribution in [-0.4, -0.2) is 26.8 Å². The van der Waals surface area contributed by atoms with Gasteiger partial charge >= 0.3 is 0 Å². The van der Waals surface area contributed by atoms with Crippen molar-refractivity contribution in [2.75, 3.05) is 11.3 Å². The van der Waals surface area contributed by atoms with Crippen molar-refractivity contribution >= 4 is 48.9 Å². The lowest BCUT2D eigenvalue weighted by Gasteiger charge is -2.10. The van der Waals surface area contributed by atoms with Crippen molar-refractivity contribution in [2.24, 2.45) is 0 Å². The average molecular weight is 496 g/mol. The van der Waals surface area contributed by atoms with Crippen LogP contribution in [0.1, 0.15) is 27.0 Å². The van der Waals surface area contributed by atoms with Gasteiger partial charge in [0.05, 0.1) is 16.4 Å². The maximum atomic E-state index is 12.6.